The van der Waals surface area contributed by atoms with Crippen molar-refractivity contribution in [2.24, 2.45) is 5.92 Å². The molecule has 3 nitrogen and oxygen atoms in total. The fourth-order valence-electron chi connectivity index (χ4n) is 3.09. The summed E-state index contributed by atoms with van der Waals surface area (Å²) in [5, 5.41) is 7.09. The van der Waals surface area contributed by atoms with Gasteiger partial charge in [0.05, 0.1) is 6.54 Å². The average molecular weight is 265 g/mol. The van der Waals surface area contributed by atoms with E-state index in [-0.39, 0.29) is 0 Å². The topological polar surface area (TPSA) is 28.2 Å². The van der Waals surface area contributed by atoms with Crippen LogP contribution in [0.4, 0.5) is 0 Å². The van der Waals surface area contributed by atoms with Crippen molar-refractivity contribution < 1.29 is 0 Å². The minimum absolute atomic E-state index is 0.339. The third kappa shape index (κ3) is 2.33. The second-order valence-corrected chi connectivity index (χ2v) is 7.12. The van der Waals surface area contributed by atoms with E-state index in [1.807, 2.05) is 0 Å². The van der Waals surface area contributed by atoms with Crippen molar-refractivity contribution in [3.8, 4) is 0 Å². The van der Waals surface area contributed by atoms with Crippen LogP contribution < -0.4 is 5.32 Å². The van der Waals surface area contributed by atoms with E-state index in [0.29, 0.717) is 11.6 Å². The van der Waals surface area contributed by atoms with Crippen LogP contribution >= 0.6 is 11.3 Å². The SMILES string of the molecule is Cc1csc(CN2CC(C)NCC2(C)C2CC2)n1. The van der Waals surface area contributed by atoms with Gasteiger partial charge >= 0.3 is 0 Å². The van der Waals surface area contributed by atoms with Gasteiger partial charge in [-0.05, 0) is 39.5 Å². The number of piperazine rings is 1. The number of hydrogen-bond acceptors (Lipinski definition) is 4. The van der Waals surface area contributed by atoms with Crippen LogP contribution in [0.2, 0.25) is 0 Å². The van der Waals surface area contributed by atoms with Gasteiger partial charge in [0, 0.05) is 35.7 Å². The molecule has 100 valence electrons. The Hall–Kier alpha value is -0.450. The highest BCUT2D eigenvalue weighted by atomic mass is 32.1. The molecule has 2 atom stereocenters. The van der Waals surface area contributed by atoms with Crippen molar-refractivity contribution in [3.05, 3.63) is 16.1 Å². The third-order valence-electron chi connectivity index (χ3n) is 4.47. The first-order chi connectivity index (χ1) is 8.58. The first-order valence-corrected chi connectivity index (χ1v) is 7.85. The van der Waals surface area contributed by atoms with Gasteiger partial charge in [0.2, 0.25) is 0 Å². The van der Waals surface area contributed by atoms with E-state index in [2.05, 4.69) is 41.4 Å². The van der Waals surface area contributed by atoms with Crippen LogP contribution in [-0.4, -0.2) is 34.6 Å². The summed E-state index contributed by atoms with van der Waals surface area (Å²) in [6, 6.07) is 0.595. The molecule has 1 aliphatic carbocycles. The van der Waals surface area contributed by atoms with Crippen molar-refractivity contribution in [1.29, 1.82) is 0 Å². The van der Waals surface area contributed by atoms with Crippen molar-refractivity contribution in [2.75, 3.05) is 13.1 Å². The first kappa shape index (κ1) is 12.6. The van der Waals surface area contributed by atoms with E-state index in [1.54, 1.807) is 11.3 Å². The minimum atomic E-state index is 0.339. The van der Waals surface area contributed by atoms with Gasteiger partial charge in [-0.2, -0.15) is 0 Å². The van der Waals surface area contributed by atoms with Crippen LogP contribution in [0, 0.1) is 12.8 Å². The van der Waals surface area contributed by atoms with Gasteiger partial charge in [-0.25, -0.2) is 4.98 Å². The lowest BCUT2D eigenvalue weighted by Crippen LogP contribution is -2.63. The molecule has 1 aliphatic heterocycles. The minimum Gasteiger partial charge on any atom is -0.311 e. The molecule has 18 heavy (non-hydrogen) atoms. The van der Waals surface area contributed by atoms with Crippen molar-refractivity contribution >= 4 is 11.3 Å². The van der Waals surface area contributed by atoms with E-state index >= 15 is 0 Å². The van der Waals surface area contributed by atoms with Gasteiger partial charge in [-0.1, -0.05) is 0 Å². The number of hydrogen-bond donors (Lipinski definition) is 1. The number of nitrogens with one attached hydrogen (secondary N) is 1. The Balaban J connectivity index is 1.77. The smallest absolute Gasteiger partial charge is 0.107 e. The summed E-state index contributed by atoms with van der Waals surface area (Å²) in [5.41, 5.74) is 1.50. The molecule has 1 aromatic rings. The van der Waals surface area contributed by atoms with E-state index in [4.69, 9.17) is 0 Å². The summed E-state index contributed by atoms with van der Waals surface area (Å²) in [6.07, 6.45) is 2.81. The van der Waals surface area contributed by atoms with Crippen LogP contribution in [0.15, 0.2) is 5.38 Å². The zero-order chi connectivity index (χ0) is 12.8. The molecule has 0 amide bonds. The molecule has 2 unspecified atom stereocenters. The summed E-state index contributed by atoms with van der Waals surface area (Å²) < 4.78 is 0. The standard InChI is InChI=1S/C14H23N3S/c1-10-6-17(7-13-16-11(2)8-18-13)14(3,9-15-10)12-4-5-12/h8,10,12,15H,4-7,9H2,1-3H3. The maximum Gasteiger partial charge on any atom is 0.107 e. The monoisotopic (exact) mass is 265 g/mol. The Morgan fingerprint density at radius 3 is 2.94 bits per heavy atom. The highest BCUT2D eigenvalue weighted by molar-refractivity contribution is 7.09. The maximum atomic E-state index is 4.63. The number of rotatable bonds is 3. The van der Waals surface area contributed by atoms with Crippen molar-refractivity contribution in [2.45, 2.75) is 51.7 Å². The van der Waals surface area contributed by atoms with E-state index in [0.717, 1.165) is 31.2 Å². The Bertz CT molecular complexity index is 426. The summed E-state index contributed by atoms with van der Waals surface area (Å²) in [6.45, 7) is 10.1. The number of aryl methyl sites for hydroxylation is 1. The zero-order valence-corrected chi connectivity index (χ0v) is 12.4. The number of nitrogens with zero attached hydrogens (tertiary/aromatic N) is 2. The molecular weight excluding hydrogens is 242 g/mol. The molecule has 1 aromatic heterocycles. The number of aromatic nitrogens is 1. The Morgan fingerprint density at radius 2 is 2.33 bits per heavy atom. The molecule has 2 heterocycles. The first-order valence-electron chi connectivity index (χ1n) is 6.97. The number of thiazole rings is 1. The predicted molar refractivity (Wildman–Crippen MR) is 75.9 cm³/mol. The summed E-state index contributed by atoms with van der Waals surface area (Å²) >= 11 is 1.80. The fraction of sp³-hybridized carbons (Fsp3) is 0.786. The van der Waals surface area contributed by atoms with Gasteiger partial charge in [0.15, 0.2) is 0 Å². The van der Waals surface area contributed by atoms with Crippen LogP contribution in [0.1, 0.15) is 37.4 Å². The van der Waals surface area contributed by atoms with Crippen molar-refractivity contribution in [1.82, 2.24) is 15.2 Å². The molecule has 0 bridgehead atoms. The van der Waals surface area contributed by atoms with E-state index < -0.39 is 0 Å². The Morgan fingerprint density at radius 1 is 1.56 bits per heavy atom. The fourth-order valence-corrected chi connectivity index (χ4v) is 3.87. The van der Waals surface area contributed by atoms with Gasteiger partial charge in [-0.3, -0.25) is 4.90 Å². The molecule has 0 spiro atoms. The lowest BCUT2D eigenvalue weighted by atomic mass is 9.90. The normalized spacial score (nSPS) is 33.8. The molecular formula is C14H23N3S. The molecule has 1 saturated carbocycles. The molecule has 4 heteroatoms. The zero-order valence-electron chi connectivity index (χ0n) is 11.6. The summed E-state index contributed by atoms with van der Waals surface area (Å²) in [4.78, 5) is 7.30. The van der Waals surface area contributed by atoms with Gasteiger partial charge < -0.3 is 5.32 Å². The quantitative estimate of drug-likeness (QED) is 0.909. The van der Waals surface area contributed by atoms with Crippen LogP contribution in [0.25, 0.3) is 0 Å². The van der Waals surface area contributed by atoms with Gasteiger partial charge in [-0.15, -0.1) is 11.3 Å². The van der Waals surface area contributed by atoms with Gasteiger partial charge in [0.25, 0.3) is 0 Å². The summed E-state index contributed by atoms with van der Waals surface area (Å²) in [7, 11) is 0. The van der Waals surface area contributed by atoms with Crippen LogP contribution in [-0.2, 0) is 6.54 Å². The largest absolute Gasteiger partial charge is 0.311 e. The Labute approximate surface area is 114 Å². The second kappa shape index (κ2) is 4.58. The van der Waals surface area contributed by atoms with E-state index in [1.165, 1.54) is 17.8 Å². The summed E-state index contributed by atoms with van der Waals surface area (Å²) in [5.74, 6) is 0.888. The lowest BCUT2D eigenvalue weighted by Gasteiger charge is -2.47. The molecule has 2 fully saturated rings. The van der Waals surface area contributed by atoms with Gasteiger partial charge in [0.1, 0.15) is 5.01 Å². The average Bonchev–Trinajstić information content (AvgIpc) is 3.10. The highest BCUT2D eigenvalue weighted by Gasteiger charge is 2.47. The molecule has 2 aliphatic rings. The third-order valence-corrected chi connectivity index (χ3v) is 5.43. The molecule has 1 saturated heterocycles. The Kier molecular flexibility index (Phi) is 3.20. The molecule has 0 aromatic carbocycles. The molecule has 0 radical (unpaired) electrons. The molecule has 3 rings (SSSR count). The van der Waals surface area contributed by atoms with Crippen molar-refractivity contribution in [3.63, 3.8) is 0 Å². The maximum absolute atomic E-state index is 4.63. The van der Waals surface area contributed by atoms with Crippen LogP contribution in [0.5, 0.6) is 0 Å². The second-order valence-electron chi connectivity index (χ2n) is 6.18. The van der Waals surface area contributed by atoms with E-state index in [9.17, 15) is 0 Å². The molecule has 1 N–H and O–H groups in total. The highest BCUT2D eigenvalue weighted by Crippen LogP contribution is 2.44. The van der Waals surface area contributed by atoms with Crippen LogP contribution in [0.3, 0.4) is 0 Å². The predicted octanol–water partition coefficient (Wildman–Crippen LogP) is 2.41. The lowest BCUT2D eigenvalue weighted by molar-refractivity contribution is 0.0311.